The van der Waals surface area contributed by atoms with Gasteiger partial charge in [-0.2, -0.15) is 42.5 Å². The molecule has 0 aliphatic rings. The molecule has 0 fully saturated rings. The van der Waals surface area contributed by atoms with Crippen LogP contribution in [-0.4, -0.2) is 5.24 Å². The van der Waals surface area contributed by atoms with Gasteiger partial charge in [-0.1, -0.05) is 19.8 Å². The Kier molecular flexibility index (Phi) is 14.4. The van der Waals surface area contributed by atoms with Gasteiger partial charge in [0.2, 0.25) is 5.24 Å². The van der Waals surface area contributed by atoms with E-state index in [1.165, 1.54) is 0 Å². The zero-order chi connectivity index (χ0) is 19.4. The Bertz CT molecular complexity index is 719. The summed E-state index contributed by atoms with van der Waals surface area (Å²) in [4.78, 5) is 12.0. The van der Waals surface area contributed by atoms with Gasteiger partial charge in [-0.3, -0.25) is 4.79 Å². The summed E-state index contributed by atoms with van der Waals surface area (Å²) < 4.78 is 0. The van der Waals surface area contributed by atoms with Gasteiger partial charge in [-0.15, -0.1) is 11.1 Å². The molecule has 0 amide bonds. The van der Waals surface area contributed by atoms with Crippen LogP contribution >= 0.6 is 11.6 Å². The minimum atomic E-state index is -0.677. The molecular formula is C25H25ClFe2O-8. The van der Waals surface area contributed by atoms with Gasteiger partial charge in [0.1, 0.15) is 0 Å². The molecule has 0 N–H and O–H groups in total. The van der Waals surface area contributed by atoms with Crippen LogP contribution in [0.4, 0.5) is 0 Å². The van der Waals surface area contributed by atoms with Crippen LogP contribution in [0.5, 0.6) is 0 Å². The molecule has 1 nitrogen and oxygen atoms in total. The molecule has 0 bridgehead atoms. The SMILES string of the molecule is CCCC(C(=O)Cl)([c-]1cccc1)[c-]1cccc1.[Fe].[Fe].[cH-]1[cH-][cH-][cH-][cH-]1.c1cc[cH-]c1. The van der Waals surface area contributed by atoms with Crippen molar-refractivity contribution >= 4 is 16.8 Å². The van der Waals surface area contributed by atoms with E-state index in [-0.39, 0.29) is 39.4 Å². The Morgan fingerprint density at radius 3 is 1.41 bits per heavy atom. The molecule has 162 valence electrons. The van der Waals surface area contributed by atoms with Gasteiger partial charge < -0.3 is 30.3 Å². The third kappa shape index (κ3) is 7.97. The molecule has 0 spiro atoms. The molecule has 0 saturated heterocycles. The van der Waals surface area contributed by atoms with Crippen LogP contribution in [0, 0.1) is 0 Å². The molecule has 0 aliphatic carbocycles. The van der Waals surface area contributed by atoms with Crippen molar-refractivity contribution in [3.8, 4) is 0 Å². The predicted molar refractivity (Wildman–Crippen MR) is 115 cm³/mol. The van der Waals surface area contributed by atoms with Crippen molar-refractivity contribution < 1.29 is 38.9 Å². The number of hydrogen-bond donors (Lipinski definition) is 0. The number of rotatable bonds is 5. The number of carbonyl (C=O) groups excluding carboxylic acids is 1. The van der Waals surface area contributed by atoms with E-state index in [0.717, 1.165) is 24.0 Å². The second-order valence-electron chi connectivity index (χ2n) is 6.20. The maximum atomic E-state index is 12.0. The Balaban J connectivity index is 0.000000537. The first kappa shape index (κ1) is 27.4. The molecule has 0 atom stereocenters. The summed E-state index contributed by atoms with van der Waals surface area (Å²) >= 11 is 5.92. The Morgan fingerprint density at radius 1 is 0.793 bits per heavy atom. The van der Waals surface area contributed by atoms with Crippen molar-refractivity contribution in [3.05, 3.63) is 120 Å². The molecule has 0 heterocycles. The van der Waals surface area contributed by atoms with Crippen molar-refractivity contribution in [2.45, 2.75) is 25.2 Å². The summed E-state index contributed by atoms with van der Waals surface area (Å²) in [6, 6.07) is 35.7. The summed E-state index contributed by atoms with van der Waals surface area (Å²) in [6.07, 6.45) is 1.65. The van der Waals surface area contributed by atoms with Crippen molar-refractivity contribution in [3.63, 3.8) is 0 Å². The van der Waals surface area contributed by atoms with Crippen LogP contribution in [0.2, 0.25) is 0 Å². The van der Waals surface area contributed by atoms with Crippen LogP contribution in [-0.2, 0) is 44.3 Å². The fourth-order valence-electron chi connectivity index (χ4n) is 3.11. The number of carbonyl (C=O) groups is 1. The molecule has 0 radical (unpaired) electrons. The molecule has 4 rings (SSSR count). The molecule has 4 aromatic carbocycles. The molecule has 4 heteroatoms. The van der Waals surface area contributed by atoms with E-state index < -0.39 is 5.41 Å². The van der Waals surface area contributed by atoms with E-state index in [1.54, 1.807) is 0 Å². The molecule has 0 saturated carbocycles. The third-order valence-electron chi connectivity index (χ3n) is 4.38. The van der Waals surface area contributed by atoms with Gasteiger partial charge in [0, 0.05) is 39.6 Å². The van der Waals surface area contributed by atoms with Crippen molar-refractivity contribution in [2.24, 2.45) is 0 Å². The Hall–Kier alpha value is -1.60. The monoisotopic (exact) mass is 488 g/mol. The zero-order valence-electron chi connectivity index (χ0n) is 16.3. The van der Waals surface area contributed by atoms with Gasteiger partial charge in [-0.05, 0) is 11.6 Å². The maximum absolute atomic E-state index is 12.0. The van der Waals surface area contributed by atoms with Crippen LogP contribution < -0.4 is 0 Å². The molecule has 4 aromatic rings. The quantitative estimate of drug-likeness (QED) is 0.172. The van der Waals surface area contributed by atoms with Crippen molar-refractivity contribution in [1.82, 2.24) is 0 Å². The summed E-state index contributed by atoms with van der Waals surface area (Å²) in [6.45, 7) is 2.07. The van der Waals surface area contributed by atoms with Gasteiger partial charge >= 0.3 is 0 Å². The molecule has 29 heavy (non-hydrogen) atoms. The first-order valence-corrected chi connectivity index (χ1v) is 9.57. The fraction of sp³-hybridized carbons (Fsp3) is 0.160. The van der Waals surface area contributed by atoms with Crippen LogP contribution in [0.1, 0.15) is 30.9 Å². The first-order chi connectivity index (χ1) is 13.2. The fourth-order valence-corrected chi connectivity index (χ4v) is 3.43. The summed E-state index contributed by atoms with van der Waals surface area (Å²) in [5, 5.41) is -0.295. The van der Waals surface area contributed by atoms with E-state index in [4.69, 9.17) is 11.6 Å². The third-order valence-corrected chi connectivity index (χ3v) is 4.71. The van der Waals surface area contributed by atoms with Crippen LogP contribution in [0.15, 0.2) is 109 Å². The minimum absolute atomic E-state index is 0. The second kappa shape index (κ2) is 15.3. The normalized spacial score (nSPS) is 9.59. The van der Waals surface area contributed by atoms with Crippen LogP contribution in [0.25, 0.3) is 0 Å². The minimum Gasteiger partial charge on any atom is -0.748 e. The maximum Gasteiger partial charge on any atom is 0.213 e. The van der Waals surface area contributed by atoms with Gasteiger partial charge in [0.25, 0.3) is 0 Å². The summed E-state index contributed by atoms with van der Waals surface area (Å²) in [5.74, 6) is 0. The zero-order valence-corrected chi connectivity index (χ0v) is 19.3. The predicted octanol–water partition coefficient (Wildman–Crippen LogP) is 6.78. The first-order valence-electron chi connectivity index (χ1n) is 9.19. The number of halogens is 1. The van der Waals surface area contributed by atoms with E-state index in [1.807, 2.05) is 109 Å². The summed E-state index contributed by atoms with van der Waals surface area (Å²) in [7, 11) is 0. The van der Waals surface area contributed by atoms with Gasteiger partial charge in [0.05, 0.1) is 0 Å². The van der Waals surface area contributed by atoms with E-state index >= 15 is 0 Å². The van der Waals surface area contributed by atoms with E-state index in [2.05, 4.69) is 6.92 Å². The average Bonchev–Trinajstić information content (AvgIpc) is 3.49. The molecule has 0 aliphatic heterocycles. The smallest absolute Gasteiger partial charge is 0.213 e. The van der Waals surface area contributed by atoms with E-state index in [0.29, 0.717) is 0 Å². The van der Waals surface area contributed by atoms with E-state index in [9.17, 15) is 4.79 Å². The van der Waals surface area contributed by atoms with Crippen molar-refractivity contribution in [1.29, 1.82) is 0 Å². The Labute approximate surface area is 200 Å². The average molecular weight is 489 g/mol. The number of hydrogen-bond acceptors (Lipinski definition) is 1. The molecular weight excluding hydrogens is 463 g/mol. The topological polar surface area (TPSA) is 17.1 Å². The van der Waals surface area contributed by atoms with Gasteiger partial charge in [0.15, 0.2) is 0 Å². The second-order valence-corrected chi connectivity index (χ2v) is 6.54. The largest absolute Gasteiger partial charge is 0.748 e. The van der Waals surface area contributed by atoms with Crippen molar-refractivity contribution in [2.75, 3.05) is 0 Å². The summed E-state index contributed by atoms with van der Waals surface area (Å²) in [5.41, 5.74) is 1.31. The standard InChI is InChI=1S/C15H15ClO.2C5H5.2Fe/c1-2-11-15(14(16)17,12-7-3-4-8-12)13-9-5-6-10-13;2*1-2-4-5-3-1;;/h3-10H,2,11H2,1H3;2*1-5H;;/q-2;-5;-1;;. The Morgan fingerprint density at radius 2 is 1.17 bits per heavy atom. The molecule has 0 aromatic heterocycles. The van der Waals surface area contributed by atoms with Crippen LogP contribution in [0.3, 0.4) is 0 Å². The molecule has 0 unspecified atom stereocenters. The van der Waals surface area contributed by atoms with Gasteiger partial charge in [-0.25, -0.2) is 36.4 Å².